The molecule has 0 amide bonds. The highest BCUT2D eigenvalue weighted by atomic mass is 16.5. The van der Waals surface area contributed by atoms with Gasteiger partial charge in [0, 0.05) is 0 Å². The Bertz CT molecular complexity index is 567. The largest absolute Gasteiger partial charge is 0.479 e. The molecule has 2 rings (SSSR count). The standard InChI is InChI=1S/C15H19N3O3/c1-3-20-13-11(14(19)21-4-2)12(17-15(16)18-13)10-8-6-5-7-9-10/h5-9,12H,3-4H2,1-2H3,(H3,16,17,18). The molecule has 1 unspecified atom stereocenters. The summed E-state index contributed by atoms with van der Waals surface area (Å²) in [5, 5.41) is 2.79. The fraction of sp³-hybridized carbons (Fsp3) is 0.333. The normalized spacial score (nSPS) is 17.8. The molecule has 1 aliphatic heterocycles. The molecule has 0 fully saturated rings. The van der Waals surface area contributed by atoms with Gasteiger partial charge in [-0.15, -0.1) is 0 Å². The van der Waals surface area contributed by atoms with Gasteiger partial charge < -0.3 is 15.2 Å². The lowest BCUT2D eigenvalue weighted by Crippen LogP contribution is -2.39. The summed E-state index contributed by atoms with van der Waals surface area (Å²) >= 11 is 0. The summed E-state index contributed by atoms with van der Waals surface area (Å²) in [7, 11) is 0. The topological polar surface area (TPSA) is 85.9 Å². The fourth-order valence-corrected chi connectivity index (χ4v) is 2.09. The van der Waals surface area contributed by atoms with E-state index in [-0.39, 0.29) is 12.6 Å². The van der Waals surface area contributed by atoms with Gasteiger partial charge >= 0.3 is 5.97 Å². The lowest BCUT2D eigenvalue weighted by Gasteiger charge is -2.25. The van der Waals surface area contributed by atoms with E-state index >= 15 is 0 Å². The maximum atomic E-state index is 12.3. The van der Waals surface area contributed by atoms with Crippen LogP contribution in [0.4, 0.5) is 0 Å². The van der Waals surface area contributed by atoms with Crippen LogP contribution < -0.4 is 11.1 Å². The number of nitrogens with two attached hydrogens (primary N) is 1. The van der Waals surface area contributed by atoms with Crippen molar-refractivity contribution in [2.45, 2.75) is 19.9 Å². The minimum atomic E-state index is -0.534. The molecule has 0 bridgehead atoms. The third-order valence-electron chi connectivity index (χ3n) is 2.93. The Kier molecular flexibility index (Phi) is 4.81. The molecule has 0 saturated carbocycles. The Morgan fingerprint density at radius 2 is 2.00 bits per heavy atom. The predicted octanol–water partition coefficient (Wildman–Crippen LogP) is 1.46. The highest BCUT2D eigenvalue weighted by Gasteiger charge is 2.32. The first-order chi connectivity index (χ1) is 10.2. The number of hydrogen-bond acceptors (Lipinski definition) is 6. The minimum Gasteiger partial charge on any atom is -0.479 e. The lowest BCUT2D eigenvalue weighted by molar-refractivity contribution is -0.139. The van der Waals surface area contributed by atoms with Gasteiger partial charge in [-0.2, -0.15) is 0 Å². The van der Waals surface area contributed by atoms with Gasteiger partial charge in [-0.25, -0.2) is 9.79 Å². The Morgan fingerprint density at radius 1 is 1.29 bits per heavy atom. The molecule has 0 aliphatic carbocycles. The number of esters is 1. The van der Waals surface area contributed by atoms with Crippen molar-refractivity contribution in [3.8, 4) is 0 Å². The zero-order chi connectivity index (χ0) is 15.2. The van der Waals surface area contributed by atoms with E-state index < -0.39 is 12.0 Å². The van der Waals surface area contributed by atoms with Crippen LogP contribution in [0.2, 0.25) is 0 Å². The number of carbonyl (C=O) groups is 1. The number of guanidine groups is 1. The second-order valence-corrected chi connectivity index (χ2v) is 4.35. The van der Waals surface area contributed by atoms with Crippen LogP contribution >= 0.6 is 0 Å². The van der Waals surface area contributed by atoms with Crippen LogP contribution in [-0.2, 0) is 14.3 Å². The summed E-state index contributed by atoms with van der Waals surface area (Å²) < 4.78 is 10.6. The zero-order valence-electron chi connectivity index (χ0n) is 12.1. The number of rotatable bonds is 5. The smallest absolute Gasteiger partial charge is 0.342 e. The van der Waals surface area contributed by atoms with Gasteiger partial charge in [0.1, 0.15) is 11.6 Å². The quantitative estimate of drug-likeness (QED) is 0.801. The van der Waals surface area contributed by atoms with Crippen LogP contribution in [0.25, 0.3) is 0 Å². The van der Waals surface area contributed by atoms with Crippen molar-refractivity contribution in [1.29, 1.82) is 0 Å². The van der Waals surface area contributed by atoms with Crippen molar-refractivity contribution < 1.29 is 14.3 Å². The van der Waals surface area contributed by atoms with E-state index in [1.807, 2.05) is 37.3 Å². The fourth-order valence-electron chi connectivity index (χ4n) is 2.09. The van der Waals surface area contributed by atoms with Gasteiger partial charge in [0.05, 0.1) is 13.2 Å². The van der Waals surface area contributed by atoms with Crippen molar-refractivity contribution in [3.63, 3.8) is 0 Å². The molecule has 6 nitrogen and oxygen atoms in total. The summed E-state index contributed by atoms with van der Waals surface area (Å²) in [4.78, 5) is 16.6. The molecule has 1 heterocycles. The van der Waals surface area contributed by atoms with E-state index in [0.29, 0.717) is 18.1 Å². The molecule has 0 saturated heterocycles. The molecule has 1 aliphatic rings. The van der Waals surface area contributed by atoms with Crippen LogP contribution in [0.5, 0.6) is 0 Å². The zero-order valence-corrected chi connectivity index (χ0v) is 12.1. The summed E-state index contributed by atoms with van der Waals surface area (Å²) in [5.41, 5.74) is 6.97. The van der Waals surface area contributed by atoms with Gasteiger partial charge in [-0.3, -0.25) is 5.32 Å². The molecular weight excluding hydrogens is 270 g/mol. The van der Waals surface area contributed by atoms with Crippen LogP contribution in [0, 0.1) is 0 Å². The van der Waals surface area contributed by atoms with E-state index in [4.69, 9.17) is 15.2 Å². The Balaban J connectivity index is 2.46. The van der Waals surface area contributed by atoms with E-state index in [1.54, 1.807) is 6.92 Å². The molecular formula is C15H19N3O3. The Hall–Kier alpha value is -2.50. The molecule has 21 heavy (non-hydrogen) atoms. The molecule has 6 heteroatoms. The van der Waals surface area contributed by atoms with E-state index in [1.165, 1.54) is 0 Å². The van der Waals surface area contributed by atoms with Crippen molar-refractivity contribution in [1.82, 2.24) is 5.32 Å². The second-order valence-electron chi connectivity index (χ2n) is 4.35. The second kappa shape index (κ2) is 6.78. The van der Waals surface area contributed by atoms with Crippen molar-refractivity contribution in [2.75, 3.05) is 13.2 Å². The van der Waals surface area contributed by atoms with Crippen LogP contribution in [0.15, 0.2) is 46.8 Å². The Labute approximate surface area is 123 Å². The van der Waals surface area contributed by atoms with E-state index in [0.717, 1.165) is 5.56 Å². The van der Waals surface area contributed by atoms with Crippen LogP contribution in [0.1, 0.15) is 25.5 Å². The third-order valence-corrected chi connectivity index (χ3v) is 2.93. The molecule has 112 valence electrons. The van der Waals surface area contributed by atoms with E-state index in [2.05, 4.69) is 10.3 Å². The van der Waals surface area contributed by atoms with Crippen molar-refractivity contribution in [3.05, 3.63) is 47.4 Å². The predicted molar refractivity (Wildman–Crippen MR) is 79.2 cm³/mol. The van der Waals surface area contributed by atoms with E-state index in [9.17, 15) is 4.79 Å². The SMILES string of the molecule is CCOC(=O)C1=C(OCC)NC(N)=NC1c1ccccc1. The summed E-state index contributed by atoms with van der Waals surface area (Å²) in [6, 6.07) is 8.89. The number of benzene rings is 1. The minimum absolute atomic E-state index is 0.209. The molecule has 0 spiro atoms. The first-order valence-corrected chi connectivity index (χ1v) is 6.86. The summed E-state index contributed by atoms with van der Waals surface area (Å²) in [5.74, 6) is 0.0520. The van der Waals surface area contributed by atoms with Gasteiger partial charge in [0.25, 0.3) is 0 Å². The van der Waals surface area contributed by atoms with Gasteiger partial charge in [0.15, 0.2) is 5.96 Å². The number of ether oxygens (including phenoxy) is 2. The molecule has 0 radical (unpaired) electrons. The van der Waals surface area contributed by atoms with Crippen molar-refractivity contribution >= 4 is 11.9 Å². The van der Waals surface area contributed by atoms with Gasteiger partial charge in [-0.05, 0) is 19.4 Å². The van der Waals surface area contributed by atoms with Gasteiger partial charge in [-0.1, -0.05) is 30.3 Å². The molecule has 1 atom stereocenters. The van der Waals surface area contributed by atoms with Crippen LogP contribution in [0.3, 0.4) is 0 Å². The number of nitrogens with one attached hydrogen (secondary N) is 1. The summed E-state index contributed by atoms with van der Waals surface area (Å²) in [6.07, 6.45) is 0. The molecule has 1 aromatic carbocycles. The lowest BCUT2D eigenvalue weighted by atomic mass is 9.98. The molecule has 1 aromatic rings. The number of aliphatic imine (C=N–C) groups is 1. The highest BCUT2D eigenvalue weighted by molar-refractivity contribution is 5.94. The maximum absolute atomic E-state index is 12.3. The van der Waals surface area contributed by atoms with Crippen molar-refractivity contribution in [2.24, 2.45) is 10.7 Å². The monoisotopic (exact) mass is 289 g/mol. The number of hydrogen-bond donors (Lipinski definition) is 2. The average Bonchev–Trinajstić information content (AvgIpc) is 2.48. The number of carbonyl (C=O) groups excluding carboxylic acids is 1. The first kappa shape index (κ1) is 14.9. The van der Waals surface area contributed by atoms with Gasteiger partial charge in [0.2, 0.25) is 5.88 Å². The van der Waals surface area contributed by atoms with Crippen LogP contribution in [-0.4, -0.2) is 25.1 Å². The molecule has 0 aromatic heterocycles. The highest BCUT2D eigenvalue weighted by Crippen LogP contribution is 2.31. The molecule has 3 N–H and O–H groups in total. The number of nitrogens with zero attached hydrogens (tertiary/aromatic N) is 1. The third kappa shape index (κ3) is 3.34. The summed E-state index contributed by atoms with van der Waals surface area (Å²) in [6.45, 7) is 4.27. The first-order valence-electron chi connectivity index (χ1n) is 6.86. The Morgan fingerprint density at radius 3 is 2.62 bits per heavy atom. The maximum Gasteiger partial charge on any atom is 0.342 e. The average molecular weight is 289 g/mol.